The lowest BCUT2D eigenvalue weighted by molar-refractivity contribution is -0.135. The van der Waals surface area contributed by atoms with Crippen molar-refractivity contribution in [2.45, 2.75) is 20.3 Å². The van der Waals surface area contributed by atoms with E-state index in [1.807, 2.05) is 50.3 Å². The quantitative estimate of drug-likeness (QED) is 0.778. The van der Waals surface area contributed by atoms with Crippen LogP contribution in [-0.4, -0.2) is 32.4 Å². The summed E-state index contributed by atoms with van der Waals surface area (Å²) in [4.78, 5) is 11.4. The lowest BCUT2D eigenvalue weighted by Gasteiger charge is -2.13. The Kier molecular flexibility index (Phi) is 5.45. The smallest absolute Gasteiger partial charge is 0.307 e. The highest BCUT2D eigenvalue weighted by molar-refractivity contribution is 6.07. The molecular formula is C23H24O5. The third-order valence-electron chi connectivity index (χ3n) is 4.97. The van der Waals surface area contributed by atoms with Crippen molar-refractivity contribution >= 4 is 23.2 Å². The lowest BCUT2D eigenvalue weighted by atomic mass is 9.99. The number of benzene rings is 2. The minimum absolute atomic E-state index is 0.00508. The topological polar surface area (TPSA) is 65.0 Å². The minimum atomic E-state index is -0.837. The second kappa shape index (κ2) is 7.80. The van der Waals surface area contributed by atoms with Gasteiger partial charge in [-0.3, -0.25) is 4.79 Å². The van der Waals surface area contributed by atoms with Crippen LogP contribution in [-0.2, 0) is 4.79 Å². The molecule has 3 rings (SSSR count). The lowest BCUT2D eigenvalue weighted by Crippen LogP contribution is -1.97. The molecule has 146 valence electrons. The van der Waals surface area contributed by atoms with Crippen molar-refractivity contribution in [3.05, 3.63) is 58.2 Å². The monoisotopic (exact) mass is 380 g/mol. The summed E-state index contributed by atoms with van der Waals surface area (Å²) in [5, 5.41) is 9.36. The normalized spacial score (nSPS) is 14.2. The Bertz CT molecular complexity index is 973. The second-order valence-electron chi connectivity index (χ2n) is 6.74. The Morgan fingerprint density at radius 1 is 0.964 bits per heavy atom. The molecule has 0 saturated heterocycles. The van der Waals surface area contributed by atoms with Crippen LogP contribution in [0.1, 0.15) is 35.6 Å². The first-order chi connectivity index (χ1) is 13.4. The van der Waals surface area contributed by atoms with Crippen LogP contribution in [0, 0.1) is 6.92 Å². The number of carboxylic acid groups (broad SMARTS) is 1. The molecule has 2 aromatic carbocycles. The maximum Gasteiger partial charge on any atom is 0.307 e. The molecule has 0 amide bonds. The van der Waals surface area contributed by atoms with Crippen LogP contribution in [0.2, 0.25) is 0 Å². The number of fused-ring (bicyclic) bond motifs is 1. The molecule has 0 unspecified atom stereocenters. The Morgan fingerprint density at radius 3 is 2.14 bits per heavy atom. The average Bonchev–Trinajstić information content (AvgIpc) is 2.91. The molecule has 0 atom stereocenters. The van der Waals surface area contributed by atoms with Gasteiger partial charge in [0.25, 0.3) is 0 Å². The standard InChI is InChI=1S/C23H24O5/c1-13-6-7-16-17(14(2)18(12-22(24)25)19(16)8-13)9-15-10-20(26-3)23(28-5)21(11-15)27-4/h6-11H,12H2,1-5H3,(H,24,25)/b17-9-. The molecule has 28 heavy (non-hydrogen) atoms. The predicted molar refractivity (Wildman–Crippen MR) is 110 cm³/mol. The second-order valence-corrected chi connectivity index (χ2v) is 6.74. The molecule has 1 aliphatic rings. The summed E-state index contributed by atoms with van der Waals surface area (Å²) in [7, 11) is 4.73. The number of aryl methyl sites for hydroxylation is 1. The third-order valence-corrected chi connectivity index (χ3v) is 4.97. The van der Waals surface area contributed by atoms with E-state index in [-0.39, 0.29) is 6.42 Å². The van der Waals surface area contributed by atoms with Crippen molar-refractivity contribution in [2.75, 3.05) is 21.3 Å². The number of rotatable bonds is 6. The molecule has 0 spiro atoms. The average molecular weight is 380 g/mol. The van der Waals surface area contributed by atoms with Crippen molar-refractivity contribution < 1.29 is 24.1 Å². The van der Waals surface area contributed by atoms with Gasteiger partial charge in [0.2, 0.25) is 5.75 Å². The minimum Gasteiger partial charge on any atom is -0.493 e. The number of aliphatic carboxylic acids is 1. The predicted octanol–water partition coefficient (Wildman–Crippen LogP) is 4.82. The van der Waals surface area contributed by atoms with Crippen LogP contribution in [0.5, 0.6) is 17.2 Å². The maximum absolute atomic E-state index is 11.4. The van der Waals surface area contributed by atoms with E-state index in [1.54, 1.807) is 21.3 Å². The largest absolute Gasteiger partial charge is 0.493 e. The summed E-state index contributed by atoms with van der Waals surface area (Å²) in [5.41, 5.74) is 6.82. The number of ether oxygens (including phenoxy) is 3. The SMILES string of the molecule is COc1cc(/C=C2/C(C)=C(CC(=O)O)c3cc(C)ccc32)cc(OC)c1OC. The van der Waals surface area contributed by atoms with Crippen LogP contribution in [0.15, 0.2) is 35.9 Å². The zero-order valence-corrected chi connectivity index (χ0v) is 16.8. The van der Waals surface area contributed by atoms with Crippen molar-refractivity contribution in [3.8, 4) is 17.2 Å². The fourth-order valence-corrected chi connectivity index (χ4v) is 3.63. The summed E-state index contributed by atoms with van der Waals surface area (Å²) in [5.74, 6) is 0.843. The van der Waals surface area contributed by atoms with Crippen LogP contribution < -0.4 is 14.2 Å². The van der Waals surface area contributed by atoms with Gasteiger partial charge in [-0.05, 0) is 65.5 Å². The van der Waals surface area contributed by atoms with Crippen molar-refractivity contribution in [1.29, 1.82) is 0 Å². The first-order valence-corrected chi connectivity index (χ1v) is 8.94. The Morgan fingerprint density at radius 2 is 1.61 bits per heavy atom. The van der Waals surface area contributed by atoms with Crippen LogP contribution in [0.4, 0.5) is 0 Å². The highest BCUT2D eigenvalue weighted by Gasteiger charge is 2.25. The summed E-state index contributed by atoms with van der Waals surface area (Å²) in [6.45, 7) is 3.98. The number of allylic oxidation sites excluding steroid dienone is 2. The van der Waals surface area contributed by atoms with Gasteiger partial charge in [0.05, 0.1) is 27.8 Å². The Hall–Kier alpha value is -3.21. The van der Waals surface area contributed by atoms with Gasteiger partial charge in [-0.2, -0.15) is 0 Å². The molecule has 0 heterocycles. The number of hydrogen-bond acceptors (Lipinski definition) is 4. The van der Waals surface area contributed by atoms with E-state index in [2.05, 4.69) is 0 Å². The molecule has 2 aromatic rings. The molecule has 0 bridgehead atoms. The van der Waals surface area contributed by atoms with E-state index in [1.165, 1.54) is 0 Å². The highest BCUT2D eigenvalue weighted by atomic mass is 16.5. The summed E-state index contributed by atoms with van der Waals surface area (Å²) >= 11 is 0. The van der Waals surface area contributed by atoms with Gasteiger partial charge in [-0.1, -0.05) is 23.8 Å². The molecule has 0 aromatic heterocycles. The van der Waals surface area contributed by atoms with E-state index in [0.717, 1.165) is 39.0 Å². The fraction of sp³-hybridized carbons (Fsp3) is 0.261. The molecule has 1 N–H and O–H groups in total. The van der Waals surface area contributed by atoms with Gasteiger partial charge >= 0.3 is 5.97 Å². The van der Waals surface area contributed by atoms with E-state index in [0.29, 0.717) is 17.2 Å². The molecule has 0 saturated carbocycles. The molecular weight excluding hydrogens is 356 g/mol. The highest BCUT2D eigenvalue weighted by Crippen LogP contribution is 2.45. The summed E-state index contributed by atoms with van der Waals surface area (Å²) < 4.78 is 16.3. The van der Waals surface area contributed by atoms with Crippen molar-refractivity contribution in [2.24, 2.45) is 0 Å². The molecule has 0 aliphatic heterocycles. The first-order valence-electron chi connectivity index (χ1n) is 8.94. The van der Waals surface area contributed by atoms with Gasteiger partial charge < -0.3 is 19.3 Å². The zero-order chi connectivity index (χ0) is 20.4. The Balaban J connectivity index is 2.19. The van der Waals surface area contributed by atoms with Crippen molar-refractivity contribution in [1.82, 2.24) is 0 Å². The van der Waals surface area contributed by atoms with E-state index >= 15 is 0 Å². The van der Waals surface area contributed by atoms with E-state index in [4.69, 9.17) is 14.2 Å². The summed E-state index contributed by atoms with van der Waals surface area (Å²) in [6, 6.07) is 9.90. The number of carbonyl (C=O) groups is 1. The fourth-order valence-electron chi connectivity index (χ4n) is 3.63. The van der Waals surface area contributed by atoms with Crippen LogP contribution >= 0.6 is 0 Å². The van der Waals surface area contributed by atoms with Gasteiger partial charge in [-0.15, -0.1) is 0 Å². The number of carboxylic acids is 1. The van der Waals surface area contributed by atoms with Gasteiger partial charge in [-0.25, -0.2) is 0 Å². The van der Waals surface area contributed by atoms with Gasteiger partial charge in [0.15, 0.2) is 11.5 Å². The van der Waals surface area contributed by atoms with E-state index < -0.39 is 5.97 Å². The van der Waals surface area contributed by atoms with Crippen molar-refractivity contribution in [3.63, 3.8) is 0 Å². The van der Waals surface area contributed by atoms with Gasteiger partial charge in [0, 0.05) is 0 Å². The Labute approximate surface area is 164 Å². The van der Waals surface area contributed by atoms with Crippen LogP contribution in [0.25, 0.3) is 17.2 Å². The molecule has 1 aliphatic carbocycles. The zero-order valence-electron chi connectivity index (χ0n) is 16.8. The first kappa shape index (κ1) is 19.5. The third kappa shape index (κ3) is 3.48. The number of hydrogen-bond donors (Lipinski definition) is 1. The maximum atomic E-state index is 11.4. The molecule has 5 heteroatoms. The van der Waals surface area contributed by atoms with Crippen LogP contribution in [0.3, 0.4) is 0 Å². The van der Waals surface area contributed by atoms with Gasteiger partial charge in [0.1, 0.15) is 0 Å². The molecule has 0 fully saturated rings. The number of methoxy groups -OCH3 is 3. The molecule has 5 nitrogen and oxygen atoms in total. The van der Waals surface area contributed by atoms with E-state index in [9.17, 15) is 9.90 Å². The molecule has 0 radical (unpaired) electrons. The summed E-state index contributed by atoms with van der Waals surface area (Å²) in [6.07, 6.45) is 2.03.